The van der Waals surface area contributed by atoms with Crippen molar-refractivity contribution in [3.05, 3.63) is 57.9 Å². The summed E-state index contributed by atoms with van der Waals surface area (Å²) < 4.78 is 39.3. The number of carbonyl (C=O) groups is 1. The summed E-state index contributed by atoms with van der Waals surface area (Å²) in [6.07, 6.45) is -2.33. The van der Waals surface area contributed by atoms with Gasteiger partial charge in [0.25, 0.3) is 5.91 Å². The summed E-state index contributed by atoms with van der Waals surface area (Å²) in [4.78, 5) is 22.0. The van der Waals surface area contributed by atoms with Gasteiger partial charge in [-0.3, -0.25) is 4.79 Å². The smallest absolute Gasteiger partial charge is 0.336 e. The molecule has 0 aliphatic carbocycles. The molecule has 10 heteroatoms. The second-order valence-electron chi connectivity index (χ2n) is 5.60. The maximum Gasteiger partial charge on any atom is 0.417 e. The molecule has 3 heterocycles. The van der Waals surface area contributed by atoms with Gasteiger partial charge in [0.05, 0.1) is 40.8 Å². The molecule has 0 aliphatic heterocycles. The molecule has 0 saturated heterocycles. The highest BCUT2D eigenvalue weighted by molar-refractivity contribution is 7.07. The molecular weight excluding hydrogens is 367 g/mol. The summed E-state index contributed by atoms with van der Waals surface area (Å²) in [5.41, 5.74) is 2.47. The predicted molar refractivity (Wildman–Crippen MR) is 89.0 cm³/mol. The molecule has 0 radical (unpaired) electrons. The molecule has 1 amide bonds. The molecule has 0 aliphatic rings. The van der Waals surface area contributed by atoms with Gasteiger partial charge in [0.1, 0.15) is 0 Å². The zero-order valence-corrected chi connectivity index (χ0v) is 14.7. The van der Waals surface area contributed by atoms with E-state index in [9.17, 15) is 18.0 Å². The van der Waals surface area contributed by atoms with E-state index >= 15 is 0 Å². The van der Waals surface area contributed by atoms with Crippen LogP contribution in [0.5, 0.6) is 0 Å². The number of amides is 1. The van der Waals surface area contributed by atoms with Gasteiger partial charge in [0, 0.05) is 18.6 Å². The topological polar surface area (TPSA) is 63.9 Å². The third kappa shape index (κ3) is 3.59. The third-order valence-corrected chi connectivity index (χ3v) is 4.40. The predicted octanol–water partition coefficient (Wildman–Crippen LogP) is 3.32. The Balaban J connectivity index is 1.82. The van der Waals surface area contributed by atoms with Gasteiger partial charge in [-0.05, 0) is 19.1 Å². The number of pyridine rings is 1. The van der Waals surface area contributed by atoms with Crippen LogP contribution in [0, 0.1) is 6.92 Å². The lowest BCUT2D eigenvalue weighted by Gasteiger charge is -2.15. The first-order valence-corrected chi connectivity index (χ1v) is 8.42. The first-order chi connectivity index (χ1) is 12.3. The molecule has 0 N–H and O–H groups in total. The number of hydrogen-bond donors (Lipinski definition) is 0. The van der Waals surface area contributed by atoms with E-state index in [2.05, 4.69) is 15.1 Å². The monoisotopic (exact) mass is 381 g/mol. The van der Waals surface area contributed by atoms with Gasteiger partial charge >= 0.3 is 6.18 Å². The van der Waals surface area contributed by atoms with E-state index in [0.29, 0.717) is 17.8 Å². The van der Waals surface area contributed by atoms with Crippen LogP contribution in [0.3, 0.4) is 0 Å². The number of carbonyl (C=O) groups excluding carboxylic acids is 1. The Morgan fingerprint density at radius 1 is 1.27 bits per heavy atom. The number of halogens is 3. The molecule has 0 saturated carbocycles. The van der Waals surface area contributed by atoms with E-state index in [1.54, 1.807) is 19.5 Å². The van der Waals surface area contributed by atoms with Crippen LogP contribution >= 0.6 is 11.3 Å². The van der Waals surface area contributed by atoms with Gasteiger partial charge in [-0.1, -0.05) is 0 Å². The third-order valence-electron chi connectivity index (χ3n) is 3.76. The van der Waals surface area contributed by atoms with Crippen LogP contribution in [-0.2, 0) is 12.7 Å². The van der Waals surface area contributed by atoms with Gasteiger partial charge in [-0.25, -0.2) is 14.6 Å². The van der Waals surface area contributed by atoms with Crippen LogP contribution in [0.1, 0.15) is 27.3 Å². The molecule has 0 unspecified atom stereocenters. The van der Waals surface area contributed by atoms with Crippen LogP contribution < -0.4 is 0 Å². The fourth-order valence-electron chi connectivity index (χ4n) is 2.37. The molecule has 0 atom stereocenters. The molecule has 0 fully saturated rings. The number of alkyl halides is 3. The number of nitrogens with zero attached hydrogens (tertiary/aromatic N) is 5. The van der Waals surface area contributed by atoms with Gasteiger partial charge in [-0.2, -0.15) is 18.3 Å². The van der Waals surface area contributed by atoms with E-state index in [1.165, 1.54) is 33.2 Å². The quantitative estimate of drug-likeness (QED) is 0.696. The summed E-state index contributed by atoms with van der Waals surface area (Å²) in [6, 6.07) is 2.15. The van der Waals surface area contributed by atoms with E-state index in [4.69, 9.17) is 0 Å². The van der Waals surface area contributed by atoms with Crippen molar-refractivity contribution in [3.63, 3.8) is 0 Å². The highest BCUT2D eigenvalue weighted by Crippen LogP contribution is 2.28. The lowest BCUT2D eigenvalue weighted by atomic mass is 10.2. The Morgan fingerprint density at radius 2 is 2.04 bits per heavy atom. The van der Waals surface area contributed by atoms with Gasteiger partial charge < -0.3 is 4.90 Å². The minimum atomic E-state index is -4.45. The van der Waals surface area contributed by atoms with Crippen molar-refractivity contribution in [2.45, 2.75) is 19.6 Å². The van der Waals surface area contributed by atoms with Gasteiger partial charge in [-0.15, -0.1) is 11.3 Å². The summed E-state index contributed by atoms with van der Waals surface area (Å²) >= 11 is 1.44. The lowest BCUT2D eigenvalue weighted by Crippen LogP contribution is -2.26. The Hall–Kier alpha value is -2.75. The zero-order chi connectivity index (χ0) is 18.9. The molecule has 0 spiro atoms. The Labute approximate surface area is 150 Å². The van der Waals surface area contributed by atoms with Crippen molar-refractivity contribution in [3.8, 4) is 5.82 Å². The molecule has 0 bridgehead atoms. The van der Waals surface area contributed by atoms with Gasteiger partial charge in [0.2, 0.25) is 0 Å². The van der Waals surface area contributed by atoms with E-state index in [-0.39, 0.29) is 11.7 Å². The molecule has 136 valence electrons. The lowest BCUT2D eigenvalue weighted by molar-refractivity contribution is -0.137. The fraction of sp³-hybridized carbons (Fsp3) is 0.250. The van der Waals surface area contributed by atoms with Crippen LogP contribution in [-0.4, -0.2) is 37.6 Å². The highest BCUT2D eigenvalue weighted by atomic mass is 32.1. The summed E-state index contributed by atoms with van der Waals surface area (Å²) in [5, 5.41) is 5.94. The largest absolute Gasteiger partial charge is 0.417 e. The van der Waals surface area contributed by atoms with Crippen LogP contribution in [0.25, 0.3) is 5.82 Å². The zero-order valence-electron chi connectivity index (χ0n) is 13.9. The standard InChI is InChI=1S/C16H14F3N5OS/c1-10-13(15(25)23(2)7-12-8-26-9-21-12)6-22-24(10)14-4-3-11(5-20-14)16(17,18)19/h3-6,8-9H,7H2,1-2H3. The minimum absolute atomic E-state index is 0.205. The molecule has 26 heavy (non-hydrogen) atoms. The molecule has 0 aromatic carbocycles. The highest BCUT2D eigenvalue weighted by Gasteiger charge is 2.31. The van der Waals surface area contributed by atoms with E-state index in [0.717, 1.165) is 18.0 Å². The second-order valence-corrected chi connectivity index (χ2v) is 6.32. The van der Waals surface area contributed by atoms with E-state index in [1.807, 2.05) is 5.38 Å². The van der Waals surface area contributed by atoms with Crippen molar-refractivity contribution in [1.29, 1.82) is 0 Å². The van der Waals surface area contributed by atoms with Crippen molar-refractivity contribution in [2.75, 3.05) is 7.05 Å². The first-order valence-electron chi connectivity index (χ1n) is 7.48. The number of aromatic nitrogens is 4. The SMILES string of the molecule is Cc1c(C(=O)N(C)Cc2cscn2)cnn1-c1ccc(C(F)(F)F)cn1. The first kappa shape index (κ1) is 18.1. The fourth-order valence-corrected chi connectivity index (χ4v) is 2.92. The van der Waals surface area contributed by atoms with Gasteiger partial charge in [0.15, 0.2) is 5.82 Å². The summed E-state index contributed by atoms with van der Waals surface area (Å²) in [7, 11) is 1.65. The van der Waals surface area contributed by atoms with Crippen LogP contribution in [0.2, 0.25) is 0 Å². The Bertz CT molecular complexity index is 903. The Kier molecular flexibility index (Phi) is 4.77. The number of hydrogen-bond acceptors (Lipinski definition) is 5. The molecule has 6 nitrogen and oxygen atoms in total. The van der Waals surface area contributed by atoms with Crippen molar-refractivity contribution >= 4 is 17.2 Å². The Morgan fingerprint density at radius 3 is 2.62 bits per heavy atom. The summed E-state index contributed by atoms with van der Waals surface area (Å²) in [6.45, 7) is 2.02. The number of thiazole rings is 1. The van der Waals surface area contributed by atoms with Crippen molar-refractivity contribution in [1.82, 2.24) is 24.6 Å². The minimum Gasteiger partial charge on any atom is -0.336 e. The van der Waals surface area contributed by atoms with Crippen molar-refractivity contribution in [2.24, 2.45) is 0 Å². The average Bonchev–Trinajstić information content (AvgIpc) is 3.23. The summed E-state index contributed by atoms with van der Waals surface area (Å²) in [5.74, 6) is -0.0506. The number of rotatable bonds is 4. The molecule has 3 rings (SSSR count). The molecule has 3 aromatic rings. The average molecular weight is 381 g/mol. The van der Waals surface area contributed by atoms with E-state index < -0.39 is 11.7 Å². The molecule has 3 aromatic heterocycles. The molecular formula is C16H14F3N5OS. The maximum absolute atomic E-state index is 12.6. The second kappa shape index (κ2) is 6.87. The normalized spacial score (nSPS) is 11.6. The van der Waals surface area contributed by atoms with Crippen LogP contribution in [0.4, 0.5) is 13.2 Å². The van der Waals surface area contributed by atoms with Crippen molar-refractivity contribution < 1.29 is 18.0 Å². The maximum atomic E-state index is 12.6. The van der Waals surface area contributed by atoms with Crippen LogP contribution in [0.15, 0.2) is 35.4 Å².